The van der Waals surface area contributed by atoms with Crippen LogP contribution in [0, 0.1) is 17.2 Å². The Kier molecular flexibility index (Phi) is 7.06. The van der Waals surface area contributed by atoms with Crippen molar-refractivity contribution in [3.8, 4) is 11.8 Å². The van der Waals surface area contributed by atoms with E-state index in [-0.39, 0.29) is 6.61 Å². The summed E-state index contributed by atoms with van der Waals surface area (Å²) in [7, 11) is 0. The fourth-order valence-electron chi connectivity index (χ4n) is 2.02. The van der Waals surface area contributed by atoms with Crippen LogP contribution in [0.5, 0.6) is 5.75 Å². The van der Waals surface area contributed by atoms with E-state index < -0.39 is 6.10 Å². The summed E-state index contributed by atoms with van der Waals surface area (Å²) in [6.07, 6.45) is -0.510. The van der Waals surface area contributed by atoms with Gasteiger partial charge in [-0.1, -0.05) is 20.8 Å². The maximum atomic E-state index is 10.0. The van der Waals surface area contributed by atoms with Gasteiger partial charge >= 0.3 is 0 Å². The Hall–Kier alpha value is -1.57. The molecule has 20 heavy (non-hydrogen) atoms. The monoisotopic (exact) mass is 276 g/mol. The molecule has 0 bridgehead atoms. The van der Waals surface area contributed by atoms with E-state index in [4.69, 9.17) is 10.00 Å². The van der Waals surface area contributed by atoms with Crippen molar-refractivity contribution in [3.63, 3.8) is 0 Å². The summed E-state index contributed by atoms with van der Waals surface area (Å²) >= 11 is 0. The topological polar surface area (TPSA) is 56.5 Å². The van der Waals surface area contributed by atoms with Crippen molar-refractivity contribution in [3.05, 3.63) is 29.8 Å². The molecule has 1 N–H and O–H groups in total. The van der Waals surface area contributed by atoms with E-state index >= 15 is 0 Å². The van der Waals surface area contributed by atoms with Crippen molar-refractivity contribution in [1.82, 2.24) is 4.90 Å². The van der Waals surface area contributed by atoms with Gasteiger partial charge in [-0.15, -0.1) is 0 Å². The van der Waals surface area contributed by atoms with Crippen molar-refractivity contribution in [2.75, 3.05) is 26.2 Å². The molecule has 0 heterocycles. The molecule has 0 radical (unpaired) electrons. The van der Waals surface area contributed by atoms with Crippen LogP contribution in [0.2, 0.25) is 0 Å². The summed E-state index contributed by atoms with van der Waals surface area (Å²) in [6, 6.07) is 8.97. The molecule has 1 aromatic carbocycles. The van der Waals surface area contributed by atoms with Crippen LogP contribution in [0.15, 0.2) is 24.3 Å². The quantitative estimate of drug-likeness (QED) is 0.791. The first-order chi connectivity index (χ1) is 9.55. The summed E-state index contributed by atoms with van der Waals surface area (Å²) in [6.45, 7) is 9.21. The highest BCUT2D eigenvalue weighted by molar-refractivity contribution is 5.34. The third-order valence-corrected chi connectivity index (χ3v) is 2.97. The summed E-state index contributed by atoms with van der Waals surface area (Å²) in [5.41, 5.74) is 0.604. The number of nitriles is 1. The molecule has 0 amide bonds. The van der Waals surface area contributed by atoms with Gasteiger partial charge in [-0.05, 0) is 36.7 Å². The first-order valence-electron chi connectivity index (χ1n) is 7.08. The largest absolute Gasteiger partial charge is 0.491 e. The SMILES string of the molecule is CCN(CC(C)C)CC(O)COc1ccc(C#N)cc1. The Morgan fingerprint density at radius 2 is 1.90 bits per heavy atom. The molecule has 1 atom stereocenters. The van der Waals surface area contributed by atoms with Crippen LogP contribution in [0.4, 0.5) is 0 Å². The molecule has 4 heteroatoms. The van der Waals surface area contributed by atoms with E-state index in [2.05, 4.69) is 31.7 Å². The van der Waals surface area contributed by atoms with E-state index in [0.29, 0.717) is 23.8 Å². The van der Waals surface area contributed by atoms with Gasteiger partial charge in [0.25, 0.3) is 0 Å². The predicted molar refractivity (Wildman–Crippen MR) is 79.6 cm³/mol. The zero-order valence-electron chi connectivity index (χ0n) is 12.5. The highest BCUT2D eigenvalue weighted by atomic mass is 16.5. The summed E-state index contributed by atoms with van der Waals surface area (Å²) in [4.78, 5) is 2.22. The van der Waals surface area contributed by atoms with Gasteiger partial charge in [0.1, 0.15) is 18.5 Å². The fraction of sp³-hybridized carbons (Fsp3) is 0.562. The van der Waals surface area contributed by atoms with Crippen LogP contribution in [0.3, 0.4) is 0 Å². The van der Waals surface area contributed by atoms with E-state index in [1.54, 1.807) is 24.3 Å². The van der Waals surface area contributed by atoms with Crippen LogP contribution in [0.1, 0.15) is 26.3 Å². The molecule has 4 nitrogen and oxygen atoms in total. The van der Waals surface area contributed by atoms with Gasteiger partial charge in [0.2, 0.25) is 0 Å². The Balaban J connectivity index is 2.38. The number of ether oxygens (including phenoxy) is 1. The van der Waals surface area contributed by atoms with Gasteiger partial charge in [-0.25, -0.2) is 0 Å². The summed E-state index contributed by atoms with van der Waals surface area (Å²) in [5, 5.41) is 18.7. The Bertz CT molecular complexity index is 423. The van der Waals surface area contributed by atoms with Crippen LogP contribution in [-0.2, 0) is 0 Å². The molecule has 1 unspecified atom stereocenters. The standard InChI is InChI=1S/C16H24N2O2/c1-4-18(10-13(2)3)11-15(19)12-20-16-7-5-14(9-17)6-8-16/h5-8,13,15,19H,4,10-12H2,1-3H3. The molecule has 1 rings (SSSR count). The first kappa shape index (κ1) is 16.5. The molecule has 0 aromatic heterocycles. The molecule has 0 spiro atoms. The van der Waals surface area contributed by atoms with Crippen molar-refractivity contribution >= 4 is 0 Å². The smallest absolute Gasteiger partial charge is 0.119 e. The predicted octanol–water partition coefficient (Wildman–Crippen LogP) is 2.28. The van der Waals surface area contributed by atoms with Crippen molar-refractivity contribution in [2.45, 2.75) is 26.9 Å². The van der Waals surface area contributed by atoms with Gasteiger partial charge in [-0.3, -0.25) is 0 Å². The number of hydrogen-bond acceptors (Lipinski definition) is 4. The number of hydrogen-bond donors (Lipinski definition) is 1. The van der Waals surface area contributed by atoms with Crippen LogP contribution >= 0.6 is 0 Å². The molecule has 1 aromatic rings. The van der Waals surface area contributed by atoms with Crippen molar-refractivity contribution in [2.24, 2.45) is 5.92 Å². The molecule has 0 saturated heterocycles. The third-order valence-electron chi connectivity index (χ3n) is 2.97. The first-order valence-corrected chi connectivity index (χ1v) is 7.08. The number of aliphatic hydroxyl groups excluding tert-OH is 1. The molecule has 110 valence electrons. The molecular formula is C16H24N2O2. The van der Waals surface area contributed by atoms with Gasteiger partial charge < -0.3 is 14.7 Å². The van der Waals surface area contributed by atoms with Gasteiger partial charge in [-0.2, -0.15) is 5.26 Å². The number of likely N-dealkylation sites (N-methyl/N-ethyl adjacent to an activating group) is 1. The van der Waals surface area contributed by atoms with Crippen LogP contribution < -0.4 is 4.74 Å². The normalized spacial score (nSPS) is 12.4. The lowest BCUT2D eigenvalue weighted by Gasteiger charge is -2.25. The van der Waals surface area contributed by atoms with Crippen molar-refractivity contribution in [1.29, 1.82) is 5.26 Å². The Morgan fingerprint density at radius 3 is 2.40 bits per heavy atom. The van der Waals surface area contributed by atoms with Crippen LogP contribution in [0.25, 0.3) is 0 Å². The molecular weight excluding hydrogens is 252 g/mol. The zero-order chi connectivity index (χ0) is 15.0. The maximum Gasteiger partial charge on any atom is 0.119 e. The molecule has 0 aliphatic carbocycles. The lowest BCUT2D eigenvalue weighted by atomic mass is 10.2. The van der Waals surface area contributed by atoms with Gasteiger partial charge in [0.05, 0.1) is 11.6 Å². The number of rotatable bonds is 8. The van der Waals surface area contributed by atoms with E-state index in [9.17, 15) is 5.11 Å². The molecule has 0 aliphatic heterocycles. The van der Waals surface area contributed by atoms with E-state index in [0.717, 1.165) is 13.1 Å². The van der Waals surface area contributed by atoms with Gasteiger partial charge in [0.15, 0.2) is 0 Å². The maximum absolute atomic E-state index is 10.0. The Morgan fingerprint density at radius 1 is 1.25 bits per heavy atom. The highest BCUT2D eigenvalue weighted by Crippen LogP contribution is 2.12. The average molecular weight is 276 g/mol. The van der Waals surface area contributed by atoms with Crippen molar-refractivity contribution < 1.29 is 9.84 Å². The zero-order valence-corrected chi connectivity index (χ0v) is 12.5. The minimum absolute atomic E-state index is 0.264. The van der Waals surface area contributed by atoms with Crippen LogP contribution in [-0.4, -0.2) is 42.4 Å². The minimum atomic E-state index is -0.510. The highest BCUT2D eigenvalue weighted by Gasteiger charge is 2.12. The third kappa shape index (κ3) is 6.05. The average Bonchev–Trinajstić information content (AvgIpc) is 2.44. The molecule has 0 fully saturated rings. The second-order valence-corrected chi connectivity index (χ2v) is 5.35. The Labute approximate surface area is 121 Å². The number of benzene rings is 1. The second-order valence-electron chi connectivity index (χ2n) is 5.35. The lowest BCUT2D eigenvalue weighted by Crippen LogP contribution is -2.37. The fourth-order valence-corrected chi connectivity index (χ4v) is 2.02. The number of aliphatic hydroxyl groups is 1. The second kappa shape index (κ2) is 8.57. The molecule has 0 saturated carbocycles. The summed E-state index contributed by atoms with van der Waals surface area (Å²) < 4.78 is 5.53. The van der Waals surface area contributed by atoms with E-state index in [1.807, 2.05) is 0 Å². The van der Waals surface area contributed by atoms with Gasteiger partial charge in [0, 0.05) is 13.1 Å². The van der Waals surface area contributed by atoms with E-state index in [1.165, 1.54) is 0 Å². The summed E-state index contributed by atoms with van der Waals surface area (Å²) in [5.74, 6) is 1.26. The number of nitrogens with zero attached hydrogens (tertiary/aromatic N) is 2. The molecule has 0 aliphatic rings. The lowest BCUT2D eigenvalue weighted by molar-refractivity contribution is 0.0662. The minimum Gasteiger partial charge on any atom is -0.491 e.